The predicted octanol–water partition coefficient (Wildman–Crippen LogP) is 1.12. The van der Waals surface area contributed by atoms with Crippen LogP contribution in [-0.4, -0.2) is 39.7 Å². The number of nitrogens with two attached hydrogens (primary N) is 1. The Balaban J connectivity index is 2.13. The first-order valence-electron chi connectivity index (χ1n) is 6.10. The third-order valence-electron chi connectivity index (χ3n) is 3.32. The van der Waals surface area contributed by atoms with Gasteiger partial charge >= 0.3 is 0 Å². The molecule has 1 aliphatic heterocycles. The largest absolute Gasteiger partial charge is 0.468 e. The summed E-state index contributed by atoms with van der Waals surface area (Å²) in [4.78, 5) is 2.30. The van der Waals surface area contributed by atoms with E-state index in [2.05, 4.69) is 11.8 Å². The van der Waals surface area contributed by atoms with E-state index in [0.29, 0.717) is 0 Å². The minimum atomic E-state index is -0.653. The molecule has 1 aromatic heterocycles. The van der Waals surface area contributed by atoms with Gasteiger partial charge in [-0.25, -0.2) is 0 Å². The van der Waals surface area contributed by atoms with Crippen LogP contribution in [0.3, 0.4) is 0 Å². The summed E-state index contributed by atoms with van der Waals surface area (Å²) in [5, 5.41) is 0. The summed E-state index contributed by atoms with van der Waals surface area (Å²) in [5.74, 6) is 2.41. The van der Waals surface area contributed by atoms with Crippen LogP contribution >= 0.6 is 0 Å². The second kappa shape index (κ2) is 5.80. The first-order valence-corrected chi connectivity index (χ1v) is 7.59. The molecule has 5 heteroatoms. The average Bonchev–Trinajstić information content (AvgIpc) is 2.85. The predicted molar refractivity (Wildman–Crippen MR) is 69.2 cm³/mol. The molecule has 0 radical (unpaired) electrons. The van der Waals surface area contributed by atoms with Gasteiger partial charge in [0.15, 0.2) is 0 Å². The minimum Gasteiger partial charge on any atom is -0.468 e. The van der Waals surface area contributed by atoms with Gasteiger partial charge in [-0.1, -0.05) is 6.92 Å². The molecule has 2 rings (SSSR count). The van der Waals surface area contributed by atoms with E-state index in [1.165, 1.54) is 0 Å². The highest BCUT2D eigenvalue weighted by molar-refractivity contribution is 7.85. The van der Waals surface area contributed by atoms with E-state index in [-0.39, 0.29) is 12.1 Å². The third-order valence-corrected chi connectivity index (χ3v) is 4.59. The van der Waals surface area contributed by atoms with Gasteiger partial charge < -0.3 is 10.2 Å². The Morgan fingerprint density at radius 1 is 1.53 bits per heavy atom. The van der Waals surface area contributed by atoms with E-state index in [9.17, 15) is 4.21 Å². The molecule has 0 bridgehead atoms. The van der Waals surface area contributed by atoms with Crippen LogP contribution in [0.4, 0.5) is 0 Å². The van der Waals surface area contributed by atoms with E-state index in [1.807, 2.05) is 12.1 Å². The fourth-order valence-electron chi connectivity index (χ4n) is 2.27. The number of nitrogens with zero attached hydrogens (tertiary/aromatic N) is 1. The number of furan rings is 1. The summed E-state index contributed by atoms with van der Waals surface area (Å²) in [7, 11) is -0.653. The number of hydrogen-bond acceptors (Lipinski definition) is 4. The van der Waals surface area contributed by atoms with Crippen molar-refractivity contribution in [1.82, 2.24) is 4.90 Å². The van der Waals surface area contributed by atoms with Gasteiger partial charge in [0.05, 0.1) is 12.3 Å². The summed E-state index contributed by atoms with van der Waals surface area (Å²) >= 11 is 0. The van der Waals surface area contributed by atoms with Crippen LogP contribution in [0.1, 0.15) is 25.1 Å². The smallest absolute Gasteiger partial charge is 0.122 e. The van der Waals surface area contributed by atoms with E-state index in [1.54, 1.807) is 6.26 Å². The molecule has 0 spiro atoms. The summed E-state index contributed by atoms with van der Waals surface area (Å²) in [6.45, 7) is 3.76. The Hall–Kier alpha value is -0.650. The molecular weight excluding hydrogens is 236 g/mol. The van der Waals surface area contributed by atoms with Gasteiger partial charge in [-0.15, -0.1) is 0 Å². The summed E-state index contributed by atoms with van der Waals surface area (Å²) in [5.41, 5.74) is 6.20. The van der Waals surface area contributed by atoms with Crippen molar-refractivity contribution in [3.05, 3.63) is 24.2 Å². The highest BCUT2D eigenvalue weighted by atomic mass is 32.2. The summed E-state index contributed by atoms with van der Waals surface area (Å²) in [6.07, 6.45) is 2.60. The molecule has 1 fully saturated rings. The van der Waals surface area contributed by atoms with Gasteiger partial charge in [0.2, 0.25) is 0 Å². The molecule has 0 amide bonds. The SMILES string of the molecule is CCC(N)C(c1ccco1)N1CCS(=O)CC1. The summed E-state index contributed by atoms with van der Waals surface area (Å²) < 4.78 is 16.9. The fourth-order valence-corrected chi connectivity index (χ4v) is 3.36. The molecule has 4 nitrogen and oxygen atoms in total. The van der Waals surface area contributed by atoms with E-state index < -0.39 is 10.8 Å². The van der Waals surface area contributed by atoms with Gasteiger partial charge in [0, 0.05) is 41.4 Å². The maximum atomic E-state index is 11.4. The highest BCUT2D eigenvalue weighted by Crippen LogP contribution is 2.26. The molecule has 1 aliphatic rings. The van der Waals surface area contributed by atoms with Crippen molar-refractivity contribution in [3.63, 3.8) is 0 Å². The maximum Gasteiger partial charge on any atom is 0.122 e. The zero-order chi connectivity index (χ0) is 12.3. The van der Waals surface area contributed by atoms with Crippen LogP contribution in [0, 0.1) is 0 Å². The van der Waals surface area contributed by atoms with Crippen LogP contribution in [0.25, 0.3) is 0 Å². The molecule has 2 atom stereocenters. The standard InChI is InChI=1S/C12H20N2O2S/c1-2-10(13)12(11-4-3-7-16-11)14-5-8-17(15)9-6-14/h3-4,7,10,12H,2,5-6,8-9,13H2,1H3. The van der Waals surface area contributed by atoms with Crippen molar-refractivity contribution in [1.29, 1.82) is 0 Å². The zero-order valence-electron chi connectivity index (χ0n) is 10.2. The molecule has 96 valence electrons. The lowest BCUT2D eigenvalue weighted by Crippen LogP contribution is -2.46. The molecule has 2 heterocycles. The monoisotopic (exact) mass is 256 g/mol. The maximum absolute atomic E-state index is 11.4. The second-order valence-corrected chi connectivity index (χ2v) is 6.11. The van der Waals surface area contributed by atoms with Gasteiger partial charge in [0.1, 0.15) is 5.76 Å². The lowest BCUT2D eigenvalue weighted by Gasteiger charge is -2.36. The van der Waals surface area contributed by atoms with Crippen molar-refractivity contribution in [2.75, 3.05) is 24.6 Å². The lowest BCUT2D eigenvalue weighted by molar-refractivity contribution is 0.161. The molecule has 0 aromatic carbocycles. The Labute approximate surface area is 105 Å². The number of rotatable bonds is 4. The first kappa shape index (κ1) is 12.8. The lowest BCUT2D eigenvalue weighted by atomic mass is 10.0. The zero-order valence-corrected chi connectivity index (χ0v) is 11.0. The minimum absolute atomic E-state index is 0.0627. The molecule has 2 unspecified atom stereocenters. The van der Waals surface area contributed by atoms with Crippen molar-refractivity contribution >= 4 is 10.8 Å². The molecular formula is C12H20N2O2S. The van der Waals surface area contributed by atoms with Crippen molar-refractivity contribution in [2.45, 2.75) is 25.4 Å². The molecule has 17 heavy (non-hydrogen) atoms. The van der Waals surface area contributed by atoms with Crippen LogP contribution in [0.15, 0.2) is 22.8 Å². The molecule has 2 N–H and O–H groups in total. The summed E-state index contributed by atoms with van der Waals surface area (Å²) in [6, 6.07) is 4.05. The Bertz CT molecular complexity index is 357. The van der Waals surface area contributed by atoms with E-state index >= 15 is 0 Å². The van der Waals surface area contributed by atoms with E-state index in [4.69, 9.17) is 10.2 Å². The fraction of sp³-hybridized carbons (Fsp3) is 0.667. The first-order chi connectivity index (χ1) is 8.22. The van der Waals surface area contributed by atoms with Crippen LogP contribution in [0.5, 0.6) is 0 Å². The average molecular weight is 256 g/mol. The Kier molecular flexibility index (Phi) is 4.36. The van der Waals surface area contributed by atoms with Gasteiger partial charge in [-0.3, -0.25) is 9.11 Å². The van der Waals surface area contributed by atoms with Crippen LogP contribution in [0.2, 0.25) is 0 Å². The van der Waals surface area contributed by atoms with Crippen molar-refractivity contribution in [2.24, 2.45) is 5.73 Å². The molecule has 0 aliphatic carbocycles. The van der Waals surface area contributed by atoms with Crippen molar-refractivity contribution < 1.29 is 8.63 Å². The Morgan fingerprint density at radius 2 is 2.24 bits per heavy atom. The van der Waals surface area contributed by atoms with Gasteiger partial charge in [-0.05, 0) is 18.6 Å². The highest BCUT2D eigenvalue weighted by Gasteiger charge is 2.30. The molecule has 1 saturated heterocycles. The third kappa shape index (κ3) is 2.97. The Morgan fingerprint density at radius 3 is 2.76 bits per heavy atom. The normalized spacial score (nSPS) is 22.5. The quantitative estimate of drug-likeness (QED) is 0.877. The van der Waals surface area contributed by atoms with Crippen LogP contribution < -0.4 is 5.73 Å². The van der Waals surface area contributed by atoms with E-state index in [0.717, 1.165) is 36.8 Å². The second-order valence-electron chi connectivity index (χ2n) is 4.42. The number of hydrogen-bond donors (Lipinski definition) is 1. The van der Waals surface area contributed by atoms with Gasteiger partial charge in [-0.2, -0.15) is 0 Å². The van der Waals surface area contributed by atoms with Crippen LogP contribution in [-0.2, 0) is 10.8 Å². The van der Waals surface area contributed by atoms with Crippen molar-refractivity contribution in [3.8, 4) is 0 Å². The molecule has 1 aromatic rings. The molecule has 0 saturated carbocycles. The van der Waals surface area contributed by atoms with Gasteiger partial charge in [0.25, 0.3) is 0 Å². The topological polar surface area (TPSA) is 59.5 Å².